The van der Waals surface area contributed by atoms with Crippen LogP contribution in [0.25, 0.3) is 0 Å². The van der Waals surface area contributed by atoms with Crippen LogP contribution in [0.15, 0.2) is 24.3 Å². The van der Waals surface area contributed by atoms with E-state index in [0.29, 0.717) is 6.42 Å². The van der Waals surface area contributed by atoms with Gasteiger partial charge in [-0.3, -0.25) is 4.79 Å². The van der Waals surface area contributed by atoms with Crippen molar-refractivity contribution in [1.29, 1.82) is 0 Å². The number of carbonyl (C=O) groups is 1. The summed E-state index contributed by atoms with van der Waals surface area (Å²) in [6.07, 6.45) is 78.1. The molecule has 0 rings (SSSR count). The third kappa shape index (κ3) is 53.8. The average molecular weight is 929 g/mol. The highest BCUT2D eigenvalue weighted by Crippen LogP contribution is 2.18. The lowest BCUT2D eigenvalue weighted by atomic mass is 10.0. The lowest BCUT2D eigenvalue weighted by molar-refractivity contribution is -0.123. The van der Waals surface area contributed by atoms with E-state index in [2.05, 4.69) is 31.3 Å². The fraction of sp³-hybridized carbons (Fsp3) is 0.919. The van der Waals surface area contributed by atoms with Gasteiger partial charge in [0.25, 0.3) is 0 Å². The van der Waals surface area contributed by atoms with Crippen LogP contribution in [0.5, 0.6) is 0 Å². The lowest BCUT2D eigenvalue weighted by Crippen LogP contribution is -2.45. The van der Waals surface area contributed by atoms with Crippen molar-refractivity contribution in [2.24, 2.45) is 0 Å². The van der Waals surface area contributed by atoms with Crippen LogP contribution in [-0.4, -0.2) is 34.9 Å². The van der Waals surface area contributed by atoms with Crippen molar-refractivity contribution in [3.63, 3.8) is 0 Å². The van der Waals surface area contributed by atoms with Gasteiger partial charge < -0.3 is 15.5 Å². The van der Waals surface area contributed by atoms with E-state index in [1.165, 1.54) is 302 Å². The first-order chi connectivity index (χ1) is 32.7. The van der Waals surface area contributed by atoms with Gasteiger partial charge in [0.1, 0.15) is 0 Å². The van der Waals surface area contributed by atoms with Gasteiger partial charge in [0, 0.05) is 6.42 Å². The maximum Gasteiger partial charge on any atom is 0.220 e. The lowest BCUT2D eigenvalue weighted by Gasteiger charge is -2.20. The summed E-state index contributed by atoms with van der Waals surface area (Å²) in [5.74, 6) is -0.0570. The third-order valence-corrected chi connectivity index (χ3v) is 14.4. The van der Waals surface area contributed by atoms with E-state index in [9.17, 15) is 15.0 Å². The van der Waals surface area contributed by atoms with Gasteiger partial charge in [0.15, 0.2) is 0 Å². The quantitative estimate of drug-likeness (QED) is 0.0420. The topological polar surface area (TPSA) is 69.6 Å². The number of hydrogen-bond donors (Lipinski definition) is 3. The minimum atomic E-state index is -0.836. The summed E-state index contributed by atoms with van der Waals surface area (Å²) in [6, 6.07) is -0.618. The summed E-state index contributed by atoms with van der Waals surface area (Å²) >= 11 is 0. The molecule has 3 N–H and O–H groups in total. The number of aliphatic hydroxyl groups excluding tert-OH is 2. The van der Waals surface area contributed by atoms with Crippen molar-refractivity contribution in [3.05, 3.63) is 24.3 Å². The largest absolute Gasteiger partial charge is 0.394 e. The number of nitrogens with one attached hydrogen (secondary N) is 1. The number of carbonyl (C=O) groups excluding carboxylic acids is 1. The standard InChI is InChI=1S/C62H121NO3/c1-3-5-7-9-11-13-15-17-19-20-21-22-23-24-25-26-27-28-29-30-31-32-33-34-35-36-37-38-39-40-41-42-44-46-48-50-52-54-56-58-62(66)63-60(59-64)61(65)57-55-53-51-49-47-45-43-18-16-14-12-10-8-6-4-2/h20-21,55,57,60-61,64-65H,3-19,22-54,56,58-59H2,1-2H3,(H,63,66)/b21-20-,57-55+. The maximum absolute atomic E-state index is 12.5. The Hall–Kier alpha value is -1.13. The highest BCUT2D eigenvalue weighted by atomic mass is 16.3. The van der Waals surface area contributed by atoms with Gasteiger partial charge in [0.2, 0.25) is 5.91 Å². The molecule has 0 aromatic carbocycles. The molecule has 0 aliphatic heterocycles. The molecule has 2 unspecified atom stereocenters. The Morgan fingerprint density at radius 1 is 0.348 bits per heavy atom. The van der Waals surface area contributed by atoms with Crippen LogP contribution in [0.3, 0.4) is 0 Å². The van der Waals surface area contributed by atoms with E-state index in [0.717, 1.165) is 25.7 Å². The second kappa shape index (κ2) is 58.2. The molecule has 0 fully saturated rings. The summed E-state index contributed by atoms with van der Waals surface area (Å²) in [5.41, 5.74) is 0. The van der Waals surface area contributed by atoms with E-state index < -0.39 is 12.1 Å². The van der Waals surface area contributed by atoms with E-state index in [4.69, 9.17) is 0 Å². The van der Waals surface area contributed by atoms with E-state index in [1.54, 1.807) is 6.08 Å². The number of allylic oxidation sites excluding steroid dienone is 3. The Morgan fingerprint density at radius 3 is 0.833 bits per heavy atom. The molecule has 0 bridgehead atoms. The van der Waals surface area contributed by atoms with Crippen molar-refractivity contribution in [1.82, 2.24) is 5.32 Å². The highest BCUT2D eigenvalue weighted by Gasteiger charge is 2.18. The zero-order chi connectivity index (χ0) is 47.7. The average Bonchev–Trinajstić information content (AvgIpc) is 3.32. The maximum atomic E-state index is 12.5. The molecular weight excluding hydrogens is 807 g/mol. The number of hydrogen-bond acceptors (Lipinski definition) is 3. The van der Waals surface area contributed by atoms with Crippen molar-refractivity contribution < 1.29 is 15.0 Å². The minimum Gasteiger partial charge on any atom is -0.394 e. The Bertz CT molecular complexity index is 963. The molecule has 0 saturated heterocycles. The van der Waals surface area contributed by atoms with Crippen LogP contribution in [0.4, 0.5) is 0 Å². The Labute approximate surface area is 415 Å². The van der Waals surface area contributed by atoms with Gasteiger partial charge in [-0.15, -0.1) is 0 Å². The monoisotopic (exact) mass is 928 g/mol. The number of aliphatic hydroxyl groups is 2. The third-order valence-electron chi connectivity index (χ3n) is 14.4. The molecule has 0 aliphatic carbocycles. The molecular formula is C62H121NO3. The van der Waals surface area contributed by atoms with Gasteiger partial charge in [0.05, 0.1) is 18.8 Å². The summed E-state index contributed by atoms with van der Waals surface area (Å²) in [7, 11) is 0. The molecule has 0 spiro atoms. The highest BCUT2D eigenvalue weighted by molar-refractivity contribution is 5.76. The van der Waals surface area contributed by atoms with Crippen molar-refractivity contribution in [3.8, 4) is 0 Å². The van der Waals surface area contributed by atoms with Crippen LogP contribution in [0, 0.1) is 0 Å². The smallest absolute Gasteiger partial charge is 0.220 e. The Kier molecular flexibility index (Phi) is 57.2. The second-order valence-corrected chi connectivity index (χ2v) is 21.1. The first kappa shape index (κ1) is 64.9. The van der Waals surface area contributed by atoms with Gasteiger partial charge in [-0.05, 0) is 44.9 Å². The summed E-state index contributed by atoms with van der Waals surface area (Å²) in [5, 5.41) is 23.1. The van der Waals surface area contributed by atoms with E-state index >= 15 is 0 Å². The van der Waals surface area contributed by atoms with Crippen LogP contribution in [-0.2, 0) is 4.79 Å². The molecule has 0 saturated carbocycles. The van der Waals surface area contributed by atoms with Gasteiger partial charge in [-0.2, -0.15) is 0 Å². The summed E-state index contributed by atoms with van der Waals surface area (Å²) in [4.78, 5) is 12.5. The van der Waals surface area contributed by atoms with Crippen molar-refractivity contribution >= 4 is 5.91 Å². The van der Waals surface area contributed by atoms with E-state index in [1.807, 2.05) is 6.08 Å². The Balaban J connectivity index is 3.36. The number of unbranched alkanes of at least 4 members (excludes halogenated alkanes) is 48. The predicted molar refractivity (Wildman–Crippen MR) is 295 cm³/mol. The summed E-state index contributed by atoms with van der Waals surface area (Å²) in [6.45, 7) is 4.34. The molecule has 0 heterocycles. The minimum absolute atomic E-state index is 0.0570. The first-order valence-electron chi connectivity index (χ1n) is 30.6. The molecule has 392 valence electrons. The van der Waals surface area contributed by atoms with Gasteiger partial charge in [-0.25, -0.2) is 0 Å². The van der Waals surface area contributed by atoms with Crippen molar-refractivity contribution in [2.45, 2.75) is 360 Å². The molecule has 66 heavy (non-hydrogen) atoms. The van der Waals surface area contributed by atoms with Crippen LogP contribution in [0.2, 0.25) is 0 Å². The first-order valence-corrected chi connectivity index (χ1v) is 30.6. The summed E-state index contributed by atoms with van der Waals surface area (Å²) < 4.78 is 0. The predicted octanol–water partition coefficient (Wildman–Crippen LogP) is 20.3. The number of rotatable bonds is 57. The molecule has 2 atom stereocenters. The Morgan fingerprint density at radius 2 is 0.576 bits per heavy atom. The number of amides is 1. The normalized spacial score (nSPS) is 12.8. The molecule has 0 aromatic heterocycles. The van der Waals surface area contributed by atoms with Crippen LogP contribution < -0.4 is 5.32 Å². The van der Waals surface area contributed by atoms with Crippen LogP contribution in [0.1, 0.15) is 348 Å². The molecule has 0 aliphatic rings. The fourth-order valence-corrected chi connectivity index (χ4v) is 9.77. The fourth-order valence-electron chi connectivity index (χ4n) is 9.77. The molecule has 0 radical (unpaired) electrons. The molecule has 4 nitrogen and oxygen atoms in total. The zero-order valence-corrected chi connectivity index (χ0v) is 45.2. The molecule has 1 amide bonds. The molecule has 0 aromatic rings. The zero-order valence-electron chi connectivity index (χ0n) is 45.2. The van der Waals surface area contributed by atoms with Crippen molar-refractivity contribution in [2.75, 3.05) is 6.61 Å². The van der Waals surface area contributed by atoms with Gasteiger partial charge >= 0.3 is 0 Å². The van der Waals surface area contributed by atoms with Gasteiger partial charge in [-0.1, -0.05) is 321 Å². The second-order valence-electron chi connectivity index (χ2n) is 21.1. The molecule has 4 heteroatoms. The SMILES string of the molecule is CCCCCCCCCC/C=C\CCCCCCCCCCCCCCCCCCCCCCCCCCCCCC(=O)NC(CO)C(O)/C=C/CCCCCCCCCCCCCCC. The van der Waals surface area contributed by atoms with Crippen LogP contribution >= 0.6 is 0 Å². The van der Waals surface area contributed by atoms with E-state index in [-0.39, 0.29) is 12.5 Å².